The smallest absolute Gasteiger partial charge is 0.127 e. The first kappa shape index (κ1) is 13.6. The Balaban J connectivity index is 2.61. The molecule has 19 heavy (non-hydrogen) atoms. The molecule has 0 fully saturated rings. The van der Waals surface area contributed by atoms with Crippen molar-refractivity contribution in [3.05, 3.63) is 35.2 Å². The van der Waals surface area contributed by atoms with E-state index in [4.69, 9.17) is 10.5 Å². The van der Waals surface area contributed by atoms with Crippen LogP contribution < -0.4 is 10.5 Å². The fourth-order valence-electron chi connectivity index (χ4n) is 2.29. The van der Waals surface area contributed by atoms with Gasteiger partial charge in [-0.25, -0.2) is 0 Å². The molecular weight excluding hydrogens is 238 g/mol. The fraction of sp³-hybridized carbons (Fsp3) is 0.400. The first-order valence-corrected chi connectivity index (χ1v) is 6.45. The second-order valence-corrected chi connectivity index (χ2v) is 4.80. The highest BCUT2D eigenvalue weighted by Gasteiger charge is 2.15. The first-order chi connectivity index (χ1) is 9.08. The molecule has 1 aromatic carbocycles. The zero-order valence-electron chi connectivity index (χ0n) is 12.0. The third kappa shape index (κ3) is 2.49. The Kier molecular flexibility index (Phi) is 3.90. The van der Waals surface area contributed by atoms with Gasteiger partial charge in [-0.1, -0.05) is 0 Å². The number of aryl methyl sites for hydroxylation is 3. The average Bonchev–Trinajstić information content (AvgIpc) is 2.74. The topological polar surface area (TPSA) is 53.1 Å². The van der Waals surface area contributed by atoms with Crippen LogP contribution in [0.4, 0.5) is 0 Å². The van der Waals surface area contributed by atoms with E-state index in [1.807, 2.05) is 17.9 Å². The van der Waals surface area contributed by atoms with Gasteiger partial charge >= 0.3 is 0 Å². The largest absolute Gasteiger partial charge is 0.496 e. The van der Waals surface area contributed by atoms with Crippen LogP contribution in [0.3, 0.4) is 0 Å². The van der Waals surface area contributed by atoms with E-state index in [1.165, 1.54) is 11.1 Å². The summed E-state index contributed by atoms with van der Waals surface area (Å²) in [5.41, 5.74) is 11.5. The van der Waals surface area contributed by atoms with Crippen molar-refractivity contribution in [3.63, 3.8) is 0 Å². The van der Waals surface area contributed by atoms with Gasteiger partial charge in [0.1, 0.15) is 5.75 Å². The zero-order valence-corrected chi connectivity index (χ0v) is 12.0. The standard InChI is InChI=1S/C15H21N3O/c1-10-7-12(15(19-4)8-11(10)2)13-9-17-18(3)14(13)5-6-16/h7-9H,5-6,16H2,1-4H3. The van der Waals surface area contributed by atoms with Crippen LogP contribution in [0.25, 0.3) is 11.1 Å². The molecule has 0 atom stereocenters. The summed E-state index contributed by atoms with van der Waals surface area (Å²) in [7, 11) is 3.65. The van der Waals surface area contributed by atoms with Crippen molar-refractivity contribution in [2.75, 3.05) is 13.7 Å². The molecule has 0 aliphatic carbocycles. The lowest BCUT2D eigenvalue weighted by Crippen LogP contribution is -2.08. The summed E-state index contributed by atoms with van der Waals surface area (Å²) in [6.45, 7) is 4.81. The van der Waals surface area contributed by atoms with Crippen LogP contribution in [0.1, 0.15) is 16.8 Å². The molecule has 1 heterocycles. The highest BCUT2D eigenvalue weighted by atomic mass is 16.5. The van der Waals surface area contributed by atoms with Crippen molar-refractivity contribution in [3.8, 4) is 16.9 Å². The van der Waals surface area contributed by atoms with Gasteiger partial charge in [0, 0.05) is 30.3 Å². The summed E-state index contributed by atoms with van der Waals surface area (Å²) in [4.78, 5) is 0. The maximum atomic E-state index is 5.69. The minimum Gasteiger partial charge on any atom is -0.496 e. The van der Waals surface area contributed by atoms with Crippen LogP contribution in [0.15, 0.2) is 18.3 Å². The molecule has 0 spiro atoms. The van der Waals surface area contributed by atoms with Gasteiger partial charge in [-0.05, 0) is 43.7 Å². The number of hydrogen-bond acceptors (Lipinski definition) is 3. The molecule has 2 N–H and O–H groups in total. The number of aromatic nitrogens is 2. The minimum atomic E-state index is 0.611. The number of ether oxygens (including phenoxy) is 1. The highest BCUT2D eigenvalue weighted by Crippen LogP contribution is 2.34. The normalized spacial score (nSPS) is 10.8. The Labute approximate surface area is 114 Å². The van der Waals surface area contributed by atoms with E-state index in [2.05, 4.69) is 31.1 Å². The van der Waals surface area contributed by atoms with Gasteiger partial charge in [-0.3, -0.25) is 4.68 Å². The third-order valence-corrected chi connectivity index (χ3v) is 3.55. The third-order valence-electron chi connectivity index (χ3n) is 3.55. The van der Waals surface area contributed by atoms with Gasteiger partial charge in [0.05, 0.1) is 13.3 Å². The molecule has 2 aromatic rings. The molecule has 0 saturated carbocycles. The molecule has 2 rings (SSSR count). The molecule has 0 bridgehead atoms. The molecule has 4 heteroatoms. The van der Waals surface area contributed by atoms with E-state index in [-0.39, 0.29) is 0 Å². The van der Waals surface area contributed by atoms with Gasteiger partial charge in [-0.2, -0.15) is 5.10 Å². The lowest BCUT2D eigenvalue weighted by atomic mass is 9.98. The molecule has 1 aromatic heterocycles. The van der Waals surface area contributed by atoms with E-state index < -0.39 is 0 Å². The summed E-state index contributed by atoms with van der Waals surface area (Å²) in [6, 6.07) is 4.23. The molecule has 0 amide bonds. The van der Waals surface area contributed by atoms with Gasteiger partial charge in [0.25, 0.3) is 0 Å². The van der Waals surface area contributed by atoms with Gasteiger partial charge in [-0.15, -0.1) is 0 Å². The van der Waals surface area contributed by atoms with Crippen molar-refractivity contribution >= 4 is 0 Å². The van der Waals surface area contributed by atoms with Crippen LogP contribution >= 0.6 is 0 Å². The average molecular weight is 259 g/mol. The van der Waals surface area contributed by atoms with Crippen molar-refractivity contribution in [1.82, 2.24) is 9.78 Å². The lowest BCUT2D eigenvalue weighted by Gasteiger charge is -2.12. The highest BCUT2D eigenvalue weighted by molar-refractivity contribution is 5.73. The Morgan fingerprint density at radius 3 is 2.53 bits per heavy atom. The fourth-order valence-corrected chi connectivity index (χ4v) is 2.29. The quantitative estimate of drug-likeness (QED) is 0.916. The monoisotopic (exact) mass is 259 g/mol. The molecule has 0 radical (unpaired) electrons. The van der Waals surface area contributed by atoms with Crippen molar-refractivity contribution in [2.45, 2.75) is 20.3 Å². The second-order valence-electron chi connectivity index (χ2n) is 4.80. The predicted octanol–water partition coefficient (Wildman–Crippen LogP) is 2.21. The van der Waals surface area contributed by atoms with Gasteiger partial charge in [0.15, 0.2) is 0 Å². The van der Waals surface area contributed by atoms with Crippen molar-refractivity contribution in [2.24, 2.45) is 12.8 Å². The molecule has 0 aliphatic heterocycles. The summed E-state index contributed by atoms with van der Waals surface area (Å²) >= 11 is 0. The van der Waals surface area contributed by atoms with E-state index in [9.17, 15) is 0 Å². The number of hydrogen-bond donors (Lipinski definition) is 1. The number of nitrogens with two attached hydrogens (primary N) is 1. The summed E-state index contributed by atoms with van der Waals surface area (Å²) in [6.07, 6.45) is 2.69. The van der Waals surface area contributed by atoms with E-state index in [0.29, 0.717) is 6.54 Å². The summed E-state index contributed by atoms with van der Waals surface area (Å²) < 4.78 is 7.40. The molecule has 102 valence electrons. The molecule has 0 saturated heterocycles. The van der Waals surface area contributed by atoms with Gasteiger partial charge in [0.2, 0.25) is 0 Å². The predicted molar refractivity (Wildman–Crippen MR) is 77.4 cm³/mol. The van der Waals surface area contributed by atoms with E-state index >= 15 is 0 Å². The SMILES string of the molecule is COc1cc(C)c(C)cc1-c1cnn(C)c1CCN. The number of methoxy groups -OCH3 is 1. The summed E-state index contributed by atoms with van der Waals surface area (Å²) in [5, 5.41) is 4.34. The van der Waals surface area contributed by atoms with Crippen LogP contribution in [0, 0.1) is 13.8 Å². The van der Waals surface area contributed by atoms with Crippen molar-refractivity contribution in [1.29, 1.82) is 0 Å². The maximum absolute atomic E-state index is 5.69. The van der Waals surface area contributed by atoms with Crippen LogP contribution in [-0.2, 0) is 13.5 Å². The van der Waals surface area contributed by atoms with Crippen LogP contribution in [0.5, 0.6) is 5.75 Å². The van der Waals surface area contributed by atoms with Crippen molar-refractivity contribution < 1.29 is 4.74 Å². The zero-order chi connectivity index (χ0) is 14.0. The Hall–Kier alpha value is -1.81. The van der Waals surface area contributed by atoms with E-state index in [1.54, 1.807) is 7.11 Å². The Morgan fingerprint density at radius 2 is 1.89 bits per heavy atom. The van der Waals surface area contributed by atoms with Crippen LogP contribution in [0.2, 0.25) is 0 Å². The number of nitrogens with zero attached hydrogens (tertiary/aromatic N) is 2. The molecular formula is C15H21N3O. The maximum Gasteiger partial charge on any atom is 0.127 e. The first-order valence-electron chi connectivity index (χ1n) is 6.45. The minimum absolute atomic E-state index is 0.611. The molecule has 4 nitrogen and oxygen atoms in total. The summed E-state index contributed by atoms with van der Waals surface area (Å²) in [5.74, 6) is 0.884. The van der Waals surface area contributed by atoms with E-state index in [0.717, 1.165) is 29.0 Å². The second kappa shape index (κ2) is 5.45. The van der Waals surface area contributed by atoms with Gasteiger partial charge < -0.3 is 10.5 Å². The Bertz CT molecular complexity index is 587. The molecule has 0 unspecified atom stereocenters. The Morgan fingerprint density at radius 1 is 1.21 bits per heavy atom. The number of rotatable bonds is 4. The lowest BCUT2D eigenvalue weighted by molar-refractivity contribution is 0.416. The number of benzene rings is 1. The molecule has 0 aliphatic rings. The van der Waals surface area contributed by atoms with Crippen LogP contribution in [-0.4, -0.2) is 23.4 Å².